The summed E-state index contributed by atoms with van der Waals surface area (Å²) < 4.78 is 2.09. The Balaban J connectivity index is 2.16. The number of para-hydroxylation sites is 1. The van der Waals surface area contributed by atoms with E-state index in [4.69, 9.17) is 0 Å². The third-order valence-corrected chi connectivity index (χ3v) is 4.73. The summed E-state index contributed by atoms with van der Waals surface area (Å²) in [4.78, 5) is 4.61. The number of aliphatic imine (C=N–C) groups is 1. The molecule has 0 saturated heterocycles. The lowest BCUT2D eigenvalue weighted by molar-refractivity contribution is 0.738. The van der Waals surface area contributed by atoms with Crippen molar-refractivity contribution in [2.24, 2.45) is 4.99 Å². The summed E-state index contributed by atoms with van der Waals surface area (Å²) >= 11 is 8.84. The van der Waals surface area contributed by atoms with Crippen LogP contribution in [0, 0.1) is 0 Å². The summed E-state index contributed by atoms with van der Waals surface area (Å²) in [5.74, 6) is 1.08. The third kappa shape index (κ3) is 2.81. The van der Waals surface area contributed by atoms with Crippen molar-refractivity contribution in [3.63, 3.8) is 0 Å². The van der Waals surface area contributed by atoms with Crippen molar-refractivity contribution >= 4 is 54.5 Å². The molecule has 1 aliphatic rings. The number of nitrogens with zero attached hydrogens (tertiary/aromatic N) is 1. The first-order valence-corrected chi connectivity index (χ1v) is 7.69. The van der Waals surface area contributed by atoms with Crippen LogP contribution in [0.15, 0.2) is 32.1 Å². The fourth-order valence-corrected chi connectivity index (χ4v) is 3.67. The molecule has 0 aromatic heterocycles. The molecule has 0 aliphatic carbocycles. The second-order valence-corrected chi connectivity index (χ2v) is 6.25. The van der Waals surface area contributed by atoms with E-state index in [1.807, 2.05) is 18.2 Å². The molecule has 0 spiro atoms. The van der Waals surface area contributed by atoms with Crippen molar-refractivity contribution < 1.29 is 0 Å². The van der Waals surface area contributed by atoms with Gasteiger partial charge in [-0.15, -0.1) is 0 Å². The SMILES string of the molecule is CCC1CSC(Nc2c(Br)cccc2Br)=N1. The molecule has 1 aromatic carbocycles. The molecule has 1 heterocycles. The molecule has 86 valence electrons. The molecule has 0 fully saturated rings. The Kier molecular flexibility index (Phi) is 4.33. The monoisotopic (exact) mass is 362 g/mol. The molecule has 5 heteroatoms. The van der Waals surface area contributed by atoms with Gasteiger partial charge < -0.3 is 5.32 Å². The molecule has 1 atom stereocenters. The Bertz CT molecular complexity index is 400. The van der Waals surface area contributed by atoms with Crippen molar-refractivity contribution in [3.8, 4) is 0 Å². The Morgan fingerprint density at radius 1 is 1.44 bits per heavy atom. The van der Waals surface area contributed by atoms with Gasteiger partial charge in [-0.3, -0.25) is 4.99 Å². The molecule has 0 radical (unpaired) electrons. The molecule has 1 N–H and O–H groups in total. The van der Waals surface area contributed by atoms with Gasteiger partial charge in [-0.05, 0) is 50.4 Å². The van der Waals surface area contributed by atoms with Crippen LogP contribution in [0.25, 0.3) is 0 Å². The minimum atomic E-state index is 0.466. The van der Waals surface area contributed by atoms with Gasteiger partial charge in [-0.1, -0.05) is 24.8 Å². The molecule has 0 bridgehead atoms. The van der Waals surface area contributed by atoms with Crippen molar-refractivity contribution in [1.29, 1.82) is 0 Å². The summed E-state index contributed by atoms with van der Waals surface area (Å²) in [5.41, 5.74) is 1.05. The predicted molar refractivity (Wildman–Crippen MR) is 79.4 cm³/mol. The van der Waals surface area contributed by atoms with Gasteiger partial charge in [0.25, 0.3) is 0 Å². The van der Waals surface area contributed by atoms with Crippen LogP contribution in [0.3, 0.4) is 0 Å². The largest absolute Gasteiger partial charge is 0.333 e. The zero-order valence-corrected chi connectivity index (χ0v) is 12.8. The van der Waals surface area contributed by atoms with Crippen LogP contribution in [-0.2, 0) is 0 Å². The summed E-state index contributed by atoms with van der Waals surface area (Å²) in [6, 6.07) is 6.50. The van der Waals surface area contributed by atoms with Crippen LogP contribution in [0.1, 0.15) is 13.3 Å². The number of halogens is 2. The molecule has 2 nitrogen and oxygen atoms in total. The van der Waals surface area contributed by atoms with E-state index < -0.39 is 0 Å². The van der Waals surface area contributed by atoms with Gasteiger partial charge in [0, 0.05) is 14.7 Å². The highest BCUT2D eigenvalue weighted by Crippen LogP contribution is 2.32. The molecule has 1 aromatic rings. The number of benzene rings is 1. The van der Waals surface area contributed by atoms with Gasteiger partial charge in [0.1, 0.15) is 0 Å². The summed E-state index contributed by atoms with van der Waals surface area (Å²) in [6.07, 6.45) is 1.11. The van der Waals surface area contributed by atoms with E-state index in [0.29, 0.717) is 6.04 Å². The van der Waals surface area contributed by atoms with Crippen LogP contribution in [0.2, 0.25) is 0 Å². The smallest absolute Gasteiger partial charge is 0.161 e. The molecule has 16 heavy (non-hydrogen) atoms. The topological polar surface area (TPSA) is 24.4 Å². The van der Waals surface area contributed by atoms with Crippen LogP contribution < -0.4 is 5.32 Å². The highest BCUT2D eigenvalue weighted by molar-refractivity contribution is 9.11. The van der Waals surface area contributed by atoms with Gasteiger partial charge in [-0.25, -0.2) is 0 Å². The maximum atomic E-state index is 4.61. The highest BCUT2D eigenvalue weighted by atomic mass is 79.9. The van der Waals surface area contributed by atoms with E-state index in [9.17, 15) is 0 Å². The molecule has 0 amide bonds. The van der Waals surface area contributed by atoms with Crippen molar-refractivity contribution in [2.45, 2.75) is 19.4 Å². The number of anilines is 1. The lowest BCUT2D eigenvalue weighted by Gasteiger charge is -2.09. The van der Waals surface area contributed by atoms with Gasteiger partial charge in [0.15, 0.2) is 5.17 Å². The zero-order valence-electron chi connectivity index (χ0n) is 8.84. The summed E-state index contributed by atoms with van der Waals surface area (Å²) in [5, 5.41) is 4.37. The maximum Gasteiger partial charge on any atom is 0.161 e. The van der Waals surface area contributed by atoms with Crippen LogP contribution in [0.5, 0.6) is 0 Å². The second-order valence-electron chi connectivity index (χ2n) is 3.53. The Morgan fingerprint density at radius 2 is 2.12 bits per heavy atom. The van der Waals surface area contributed by atoms with Gasteiger partial charge in [0.2, 0.25) is 0 Å². The molecule has 1 aliphatic heterocycles. The van der Waals surface area contributed by atoms with E-state index in [-0.39, 0.29) is 0 Å². The van der Waals surface area contributed by atoms with Gasteiger partial charge in [0.05, 0.1) is 11.7 Å². The molecule has 0 saturated carbocycles. The lowest BCUT2D eigenvalue weighted by Crippen LogP contribution is -2.06. The predicted octanol–water partition coefficient (Wildman–Crippen LogP) is 4.50. The molecule has 1 unspecified atom stereocenters. The van der Waals surface area contributed by atoms with E-state index in [1.54, 1.807) is 11.8 Å². The highest BCUT2D eigenvalue weighted by Gasteiger charge is 2.17. The first kappa shape index (κ1) is 12.5. The number of hydrogen-bond acceptors (Lipinski definition) is 3. The molecule has 2 rings (SSSR count). The molecular formula is C11H12Br2N2S. The summed E-state index contributed by atoms with van der Waals surface area (Å²) in [6.45, 7) is 2.17. The van der Waals surface area contributed by atoms with Crippen LogP contribution in [0.4, 0.5) is 5.69 Å². The van der Waals surface area contributed by atoms with Crippen LogP contribution in [-0.4, -0.2) is 17.0 Å². The Hall–Kier alpha value is -0.000000000000000111. The second kappa shape index (κ2) is 5.56. The number of hydrogen-bond donors (Lipinski definition) is 1. The van der Waals surface area contributed by atoms with E-state index >= 15 is 0 Å². The first-order chi connectivity index (χ1) is 7.70. The van der Waals surface area contributed by atoms with E-state index in [2.05, 4.69) is 49.1 Å². The number of thioether (sulfide) groups is 1. The zero-order chi connectivity index (χ0) is 11.5. The quantitative estimate of drug-likeness (QED) is 0.836. The van der Waals surface area contributed by atoms with Gasteiger partial charge >= 0.3 is 0 Å². The summed E-state index contributed by atoms with van der Waals surface area (Å²) in [7, 11) is 0. The van der Waals surface area contributed by atoms with Crippen molar-refractivity contribution in [1.82, 2.24) is 0 Å². The van der Waals surface area contributed by atoms with E-state index in [1.165, 1.54) is 0 Å². The fourth-order valence-electron chi connectivity index (χ4n) is 1.42. The minimum Gasteiger partial charge on any atom is -0.333 e. The number of rotatable bonds is 2. The van der Waals surface area contributed by atoms with Crippen molar-refractivity contribution in [3.05, 3.63) is 27.1 Å². The van der Waals surface area contributed by atoms with E-state index in [0.717, 1.165) is 32.0 Å². The number of amidine groups is 1. The van der Waals surface area contributed by atoms with Crippen molar-refractivity contribution in [2.75, 3.05) is 11.1 Å². The third-order valence-electron chi connectivity index (χ3n) is 2.38. The Labute approximate surface area is 117 Å². The standard InChI is InChI=1S/C11H12Br2N2S/c1-2-7-6-16-11(14-7)15-10-8(12)4-3-5-9(10)13/h3-5,7H,2,6H2,1H3,(H,14,15). The fraction of sp³-hybridized carbons (Fsp3) is 0.364. The Morgan fingerprint density at radius 3 is 2.69 bits per heavy atom. The van der Waals surface area contributed by atoms with Crippen LogP contribution >= 0.6 is 43.6 Å². The molecular weight excluding hydrogens is 352 g/mol. The average molecular weight is 364 g/mol. The minimum absolute atomic E-state index is 0.466. The normalized spacial score (nSPS) is 19.7. The first-order valence-electron chi connectivity index (χ1n) is 5.12. The number of nitrogens with one attached hydrogen (secondary N) is 1. The van der Waals surface area contributed by atoms with Gasteiger partial charge in [-0.2, -0.15) is 0 Å². The lowest BCUT2D eigenvalue weighted by atomic mass is 10.3. The average Bonchev–Trinajstić information content (AvgIpc) is 2.71. The maximum absolute atomic E-state index is 4.61.